The summed E-state index contributed by atoms with van der Waals surface area (Å²) in [5.41, 5.74) is 0.601. The fourth-order valence-corrected chi connectivity index (χ4v) is 8.40. The number of esters is 1. The molecule has 1 unspecified atom stereocenters. The Morgan fingerprint density at radius 1 is 0.981 bits per heavy atom. The van der Waals surface area contributed by atoms with Crippen LogP contribution in [0.15, 0.2) is 36.4 Å². The third-order valence-electron chi connectivity index (χ3n) is 11.4. The Balaban J connectivity index is 1.25. The predicted molar refractivity (Wildman–Crippen MR) is 196 cm³/mol. The summed E-state index contributed by atoms with van der Waals surface area (Å²) in [6, 6.07) is 3.59. The van der Waals surface area contributed by atoms with E-state index in [9.17, 15) is 19.2 Å². The van der Waals surface area contributed by atoms with E-state index in [1.807, 2.05) is 24.3 Å². The molecule has 3 fully saturated rings. The second-order valence-corrected chi connectivity index (χ2v) is 15.0. The summed E-state index contributed by atoms with van der Waals surface area (Å²) in [7, 11) is 1.59. The zero-order valence-corrected chi connectivity index (χ0v) is 30.7. The molecule has 3 aliphatic heterocycles. The van der Waals surface area contributed by atoms with E-state index in [0.717, 1.165) is 57.8 Å². The lowest BCUT2D eigenvalue weighted by Gasteiger charge is -2.30. The molecule has 2 aromatic rings. The lowest BCUT2D eigenvalue weighted by molar-refractivity contribution is -0.150. The van der Waals surface area contributed by atoms with Gasteiger partial charge in [0.15, 0.2) is 0 Å². The number of allylic oxidation sites excluding steroid dienone is 2. The third kappa shape index (κ3) is 8.13. The molecule has 5 aliphatic rings. The van der Waals surface area contributed by atoms with E-state index in [0.29, 0.717) is 41.7 Å². The second-order valence-electron chi connectivity index (χ2n) is 15.0. The number of benzene rings is 1. The summed E-state index contributed by atoms with van der Waals surface area (Å²) in [5, 5.41) is 5.92. The van der Waals surface area contributed by atoms with Crippen LogP contribution in [0, 0.1) is 11.8 Å². The first-order valence-electron chi connectivity index (χ1n) is 19.4. The number of hydrogen-bond donors (Lipinski definition) is 2. The summed E-state index contributed by atoms with van der Waals surface area (Å²) in [6.07, 6.45) is 16.1. The van der Waals surface area contributed by atoms with Crippen molar-refractivity contribution >= 4 is 41.0 Å². The monoisotopic (exact) mass is 729 g/mol. The first-order valence-corrected chi connectivity index (χ1v) is 19.4. The number of nitrogens with one attached hydrogen (secondary N) is 2. The number of aromatic nitrogens is 2. The van der Waals surface area contributed by atoms with Gasteiger partial charge >= 0.3 is 12.1 Å². The number of methoxy groups -OCH3 is 1. The average molecular weight is 730 g/mol. The molecule has 1 saturated heterocycles. The van der Waals surface area contributed by atoms with Crippen LogP contribution < -0.4 is 20.1 Å². The predicted octanol–water partition coefficient (Wildman–Crippen LogP) is 5.41. The fraction of sp³-hybridized carbons (Fsp3) is 0.600. The molecule has 4 heterocycles. The summed E-state index contributed by atoms with van der Waals surface area (Å²) < 4.78 is 23.5. The Hall–Kier alpha value is -4.68. The van der Waals surface area contributed by atoms with E-state index in [1.54, 1.807) is 20.1 Å². The van der Waals surface area contributed by atoms with Gasteiger partial charge in [-0.2, -0.15) is 0 Å². The highest BCUT2D eigenvalue weighted by atomic mass is 16.6. The van der Waals surface area contributed by atoms with Crippen LogP contribution >= 0.6 is 0 Å². The van der Waals surface area contributed by atoms with Crippen LogP contribution in [0.3, 0.4) is 0 Å². The zero-order chi connectivity index (χ0) is 37.0. The van der Waals surface area contributed by atoms with Crippen LogP contribution in [0.4, 0.5) is 4.79 Å². The van der Waals surface area contributed by atoms with E-state index < -0.39 is 47.6 Å². The van der Waals surface area contributed by atoms with Gasteiger partial charge in [-0.15, -0.1) is 0 Å². The van der Waals surface area contributed by atoms with Gasteiger partial charge in [0.25, 0.3) is 0 Å². The van der Waals surface area contributed by atoms with Gasteiger partial charge in [-0.05, 0) is 95.3 Å². The first-order chi connectivity index (χ1) is 25.8. The minimum absolute atomic E-state index is 0.0611. The number of nitrogens with zero attached hydrogens (tertiary/aromatic N) is 3. The normalized spacial score (nSPS) is 32.1. The van der Waals surface area contributed by atoms with Crippen LogP contribution in [-0.2, 0) is 23.9 Å². The maximum atomic E-state index is 14.6. The van der Waals surface area contributed by atoms with Crippen molar-refractivity contribution in [2.75, 3.05) is 20.3 Å². The topological polar surface area (TPSA) is 158 Å². The van der Waals surface area contributed by atoms with Crippen LogP contribution in [0.25, 0.3) is 17.1 Å². The molecule has 1 aromatic heterocycles. The van der Waals surface area contributed by atoms with Crippen molar-refractivity contribution in [2.45, 2.75) is 120 Å². The Morgan fingerprint density at radius 2 is 1.83 bits per heavy atom. The molecule has 13 heteroatoms. The Kier molecular flexibility index (Phi) is 11.2. The molecule has 2 aliphatic carbocycles. The number of ether oxygens (including phenoxy) is 4. The molecule has 53 heavy (non-hydrogen) atoms. The largest absolute Gasteiger partial charge is 0.497 e. The van der Waals surface area contributed by atoms with Gasteiger partial charge in [-0.25, -0.2) is 19.6 Å². The number of carbonyl (C=O) groups is 4. The van der Waals surface area contributed by atoms with Crippen LogP contribution in [0.5, 0.6) is 11.6 Å². The van der Waals surface area contributed by atoms with Crippen LogP contribution in [-0.4, -0.2) is 88.8 Å². The average Bonchev–Trinajstić information content (AvgIpc) is 3.42. The quantitative estimate of drug-likeness (QED) is 0.309. The molecule has 13 nitrogen and oxygen atoms in total. The Bertz CT molecular complexity index is 1760. The van der Waals surface area contributed by atoms with Crippen molar-refractivity contribution in [1.82, 2.24) is 25.5 Å². The van der Waals surface area contributed by atoms with Gasteiger partial charge in [0, 0.05) is 18.4 Å². The summed E-state index contributed by atoms with van der Waals surface area (Å²) >= 11 is 0. The van der Waals surface area contributed by atoms with E-state index in [2.05, 4.69) is 22.8 Å². The van der Waals surface area contributed by atoms with Gasteiger partial charge in [0.05, 0.1) is 31.3 Å². The van der Waals surface area contributed by atoms with Crippen molar-refractivity contribution < 1.29 is 38.1 Å². The lowest BCUT2D eigenvalue weighted by atomic mass is 9.98. The summed E-state index contributed by atoms with van der Waals surface area (Å²) in [5.74, 6) is -0.408. The Morgan fingerprint density at radius 3 is 2.68 bits per heavy atom. The molecule has 3 amide bonds. The molecular formula is C40H51N5O8. The number of fused-ring (bicyclic) bond motifs is 6. The molecule has 7 rings (SSSR count). The standard InChI is InChI=1S/C40H51N5O8/c1-3-51-38(48)40-23-26(40)15-9-5-4-6-10-17-31-37(47)45-24-28(22-33(45)35(46)44-40)52-36-30(41-29-20-19-27(50-2)21-32(29)42-36)16-11-7-8-13-25-14-12-18-34(25)53-39(49)43-31/h9,11,15-16,19-21,25-26,28,31,33-34H,3-8,10,12-14,17-18,22-24H2,1-2H3,(H,43,49)(H,44,46)/b15-9-,16-11+/t25-,26?,28-,31+,33+,34-,40-/m1/s1. The number of rotatable bonds is 3. The van der Waals surface area contributed by atoms with Crippen molar-refractivity contribution in [2.24, 2.45) is 11.8 Å². The van der Waals surface area contributed by atoms with Gasteiger partial charge in [0.1, 0.15) is 41.3 Å². The Labute approximate surface area is 310 Å². The second kappa shape index (κ2) is 16.1. The molecule has 3 bridgehead atoms. The number of alkyl carbamates (subject to hydrolysis) is 1. The fourth-order valence-electron chi connectivity index (χ4n) is 8.40. The molecule has 7 atom stereocenters. The van der Waals surface area contributed by atoms with E-state index in [-0.39, 0.29) is 43.4 Å². The van der Waals surface area contributed by atoms with Gasteiger partial charge in [0.2, 0.25) is 17.7 Å². The minimum atomic E-state index is -1.20. The summed E-state index contributed by atoms with van der Waals surface area (Å²) in [6.45, 7) is 1.98. The molecule has 0 spiro atoms. The highest BCUT2D eigenvalue weighted by Gasteiger charge is 2.62. The highest BCUT2D eigenvalue weighted by Crippen LogP contribution is 2.46. The van der Waals surface area contributed by atoms with Gasteiger partial charge in [-0.1, -0.05) is 31.1 Å². The summed E-state index contributed by atoms with van der Waals surface area (Å²) in [4.78, 5) is 66.9. The number of amides is 3. The molecule has 2 N–H and O–H groups in total. The number of hydrogen-bond acceptors (Lipinski definition) is 10. The third-order valence-corrected chi connectivity index (χ3v) is 11.4. The lowest BCUT2D eigenvalue weighted by Crippen LogP contribution is -2.56. The molecule has 0 radical (unpaired) electrons. The molecule has 284 valence electrons. The first kappa shape index (κ1) is 36.7. The van der Waals surface area contributed by atoms with E-state index in [4.69, 9.17) is 28.9 Å². The molecular weight excluding hydrogens is 678 g/mol. The maximum absolute atomic E-state index is 14.6. The van der Waals surface area contributed by atoms with Gasteiger partial charge in [-0.3, -0.25) is 9.59 Å². The van der Waals surface area contributed by atoms with E-state index >= 15 is 0 Å². The van der Waals surface area contributed by atoms with Crippen molar-refractivity contribution in [3.05, 3.63) is 42.1 Å². The zero-order valence-electron chi connectivity index (χ0n) is 30.7. The van der Waals surface area contributed by atoms with Crippen molar-refractivity contribution in [1.29, 1.82) is 0 Å². The minimum Gasteiger partial charge on any atom is -0.497 e. The van der Waals surface area contributed by atoms with E-state index in [1.165, 1.54) is 4.90 Å². The van der Waals surface area contributed by atoms with Crippen molar-refractivity contribution in [3.63, 3.8) is 0 Å². The smallest absolute Gasteiger partial charge is 0.408 e. The maximum Gasteiger partial charge on any atom is 0.408 e. The molecule has 2 saturated carbocycles. The van der Waals surface area contributed by atoms with Crippen LogP contribution in [0.1, 0.15) is 96.1 Å². The highest BCUT2D eigenvalue weighted by molar-refractivity contribution is 5.96. The molecule has 1 aromatic carbocycles. The van der Waals surface area contributed by atoms with Gasteiger partial charge < -0.3 is 34.5 Å². The number of carbonyl (C=O) groups excluding carboxylic acids is 4. The van der Waals surface area contributed by atoms with Crippen molar-refractivity contribution in [3.8, 4) is 11.6 Å². The SMILES string of the molecule is CCOC(=O)[C@@]12CC1/C=C\CCCCC[C@@H]1NC(=O)O[C@@H]3CCC[C@H]3CCC/C=C/c3nc4ccc(OC)cc4nc3O[C@@H]3C[C@@H](C(=O)N2)N(C3)C1=O. The van der Waals surface area contributed by atoms with Crippen LogP contribution in [0.2, 0.25) is 0 Å².